The van der Waals surface area contributed by atoms with Gasteiger partial charge in [-0.3, -0.25) is 0 Å². The van der Waals surface area contributed by atoms with E-state index in [4.69, 9.17) is 5.11 Å². The van der Waals surface area contributed by atoms with Gasteiger partial charge < -0.3 is 5.11 Å². The van der Waals surface area contributed by atoms with E-state index < -0.39 is 5.97 Å². The second-order valence-electron chi connectivity index (χ2n) is 1.91. The van der Waals surface area contributed by atoms with Gasteiger partial charge in [0, 0.05) is 6.08 Å². The summed E-state index contributed by atoms with van der Waals surface area (Å²) in [6.45, 7) is 1.78. The number of hydrogen-bond acceptors (Lipinski definition) is 4. The highest BCUT2D eigenvalue weighted by Crippen LogP contribution is 2.05. The van der Waals surface area contributed by atoms with E-state index >= 15 is 0 Å². The molecule has 0 aliphatic rings. The Morgan fingerprint density at radius 1 is 1.64 bits per heavy atom. The van der Waals surface area contributed by atoms with Crippen molar-refractivity contribution < 1.29 is 9.90 Å². The molecule has 1 aromatic rings. The highest BCUT2D eigenvalue weighted by atomic mass is 32.1. The van der Waals surface area contributed by atoms with Gasteiger partial charge in [0.1, 0.15) is 5.69 Å². The zero-order valence-corrected chi connectivity index (χ0v) is 6.63. The maximum absolute atomic E-state index is 10.1. The third-order valence-electron chi connectivity index (χ3n) is 1.07. The van der Waals surface area contributed by atoms with E-state index in [1.807, 2.05) is 0 Å². The van der Waals surface area contributed by atoms with Gasteiger partial charge in [-0.2, -0.15) is 8.75 Å². The molecular weight excluding hydrogens is 164 g/mol. The van der Waals surface area contributed by atoms with Crippen molar-refractivity contribution in [2.75, 3.05) is 0 Å². The summed E-state index contributed by atoms with van der Waals surface area (Å²) in [6, 6.07) is 0. The fraction of sp³-hybridized carbons (Fsp3) is 0.167. The van der Waals surface area contributed by atoms with Crippen LogP contribution >= 0.6 is 11.7 Å². The first kappa shape index (κ1) is 7.87. The van der Waals surface area contributed by atoms with Crippen LogP contribution in [-0.2, 0) is 4.79 Å². The third-order valence-corrected chi connectivity index (χ3v) is 1.71. The molecule has 0 bridgehead atoms. The maximum Gasteiger partial charge on any atom is 0.328 e. The molecule has 58 valence electrons. The van der Waals surface area contributed by atoms with Crippen LogP contribution in [0.1, 0.15) is 11.4 Å². The van der Waals surface area contributed by atoms with Gasteiger partial charge in [0.05, 0.1) is 17.4 Å². The monoisotopic (exact) mass is 170 g/mol. The first-order valence-corrected chi connectivity index (χ1v) is 3.63. The Labute approximate surface area is 67.5 Å². The molecule has 0 atom stereocenters. The van der Waals surface area contributed by atoms with E-state index in [9.17, 15) is 4.79 Å². The smallest absolute Gasteiger partial charge is 0.328 e. The Balaban J connectivity index is 2.79. The lowest BCUT2D eigenvalue weighted by Crippen LogP contribution is -1.86. The van der Waals surface area contributed by atoms with Gasteiger partial charge in [-0.25, -0.2) is 4.79 Å². The molecule has 0 unspecified atom stereocenters. The average molecular weight is 170 g/mol. The number of rotatable bonds is 2. The van der Waals surface area contributed by atoms with Gasteiger partial charge in [-0.15, -0.1) is 0 Å². The van der Waals surface area contributed by atoms with Gasteiger partial charge in [-0.1, -0.05) is 0 Å². The lowest BCUT2D eigenvalue weighted by atomic mass is 10.3. The molecule has 0 radical (unpaired) electrons. The van der Waals surface area contributed by atoms with Crippen molar-refractivity contribution in [3.63, 3.8) is 0 Å². The highest BCUT2D eigenvalue weighted by molar-refractivity contribution is 6.99. The van der Waals surface area contributed by atoms with E-state index in [-0.39, 0.29) is 0 Å². The van der Waals surface area contributed by atoms with Crippen LogP contribution < -0.4 is 0 Å². The largest absolute Gasteiger partial charge is 0.478 e. The zero-order chi connectivity index (χ0) is 8.27. The Hall–Kier alpha value is -1.23. The Kier molecular flexibility index (Phi) is 2.32. The molecule has 1 aromatic heterocycles. The molecule has 0 spiro atoms. The SMILES string of the molecule is Cc1nsnc1/C=C/C(=O)O. The second kappa shape index (κ2) is 3.25. The van der Waals surface area contributed by atoms with E-state index in [1.165, 1.54) is 6.08 Å². The summed E-state index contributed by atoms with van der Waals surface area (Å²) in [4.78, 5) is 10.1. The predicted octanol–water partition coefficient (Wildman–Crippen LogP) is 0.944. The second-order valence-corrected chi connectivity index (χ2v) is 2.43. The van der Waals surface area contributed by atoms with Crippen molar-refractivity contribution in [2.45, 2.75) is 6.92 Å². The van der Waals surface area contributed by atoms with Gasteiger partial charge >= 0.3 is 5.97 Å². The molecule has 1 heterocycles. The number of aromatic nitrogens is 2. The fourth-order valence-electron chi connectivity index (χ4n) is 0.540. The highest BCUT2D eigenvalue weighted by Gasteiger charge is 1.97. The lowest BCUT2D eigenvalue weighted by molar-refractivity contribution is -0.131. The van der Waals surface area contributed by atoms with Crippen molar-refractivity contribution in [2.24, 2.45) is 0 Å². The normalized spacial score (nSPS) is 10.6. The van der Waals surface area contributed by atoms with Crippen LogP contribution in [0.15, 0.2) is 6.08 Å². The van der Waals surface area contributed by atoms with Gasteiger partial charge in [-0.05, 0) is 13.0 Å². The molecule has 0 aliphatic heterocycles. The van der Waals surface area contributed by atoms with Crippen LogP contribution in [0.4, 0.5) is 0 Å². The molecule has 0 saturated heterocycles. The maximum atomic E-state index is 10.1. The van der Waals surface area contributed by atoms with Crippen LogP contribution in [0.5, 0.6) is 0 Å². The predicted molar refractivity (Wildman–Crippen MR) is 41.3 cm³/mol. The number of aliphatic carboxylic acids is 1. The minimum absolute atomic E-state index is 0.623. The number of carboxylic acid groups (broad SMARTS) is 1. The molecule has 11 heavy (non-hydrogen) atoms. The molecule has 5 heteroatoms. The van der Waals surface area contributed by atoms with Crippen molar-refractivity contribution >= 4 is 23.8 Å². The first-order chi connectivity index (χ1) is 5.20. The Morgan fingerprint density at radius 3 is 2.82 bits per heavy atom. The summed E-state index contributed by atoms with van der Waals surface area (Å²) in [7, 11) is 0. The first-order valence-electron chi connectivity index (χ1n) is 2.90. The summed E-state index contributed by atoms with van der Waals surface area (Å²) in [5.41, 5.74) is 1.38. The molecule has 1 rings (SSSR count). The fourth-order valence-corrected chi connectivity index (χ4v) is 1.08. The van der Waals surface area contributed by atoms with E-state index in [0.717, 1.165) is 23.5 Å². The van der Waals surface area contributed by atoms with Crippen LogP contribution in [0.2, 0.25) is 0 Å². The minimum Gasteiger partial charge on any atom is -0.478 e. The van der Waals surface area contributed by atoms with Crippen LogP contribution in [0.3, 0.4) is 0 Å². The summed E-state index contributed by atoms with van der Waals surface area (Å²) in [5, 5.41) is 8.27. The standard InChI is InChI=1S/C6H6N2O2S/c1-4-5(8-11-7-4)2-3-6(9)10/h2-3H,1H3,(H,9,10)/b3-2+. The molecule has 0 amide bonds. The molecule has 0 aliphatic carbocycles. The van der Waals surface area contributed by atoms with Crippen molar-refractivity contribution in [3.05, 3.63) is 17.5 Å². The Bertz CT molecular complexity index is 293. The van der Waals surface area contributed by atoms with Crippen LogP contribution in [0.25, 0.3) is 6.08 Å². The summed E-state index contributed by atoms with van der Waals surface area (Å²) < 4.78 is 7.75. The quantitative estimate of drug-likeness (QED) is 0.671. The summed E-state index contributed by atoms with van der Waals surface area (Å²) in [5.74, 6) is -0.975. The summed E-state index contributed by atoms with van der Waals surface area (Å²) in [6.07, 6.45) is 2.48. The van der Waals surface area contributed by atoms with Gasteiger partial charge in [0.25, 0.3) is 0 Å². The van der Waals surface area contributed by atoms with E-state index in [2.05, 4.69) is 8.75 Å². The summed E-state index contributed by atoms with van der Waals surface area (Å²) >= 11 is 1.07. The molecule has 0 fully saturated rings. The topological polar surface area (TPSA) is 63.1 Å². The number of hydrogen-bond donors (Lipinski definition) is 1. The van der Waals surface area contributed by atoms with E-state index in [0.29, 0.717) is 5.69 Å². The average Bonchev–Trinajstić information content (AvgIpc) is 2.31. The van der Waals surface area contributed by atoms with Crippen LogP contribution in [0, 0.1) is 6.92 Å². The molecule has 4 nitrogen and oxygen atoms in total. The number of carboxylic acids is 1. The van der Waals surface area contributed by atoms with Crippen LogP contribution in [-0.4, -0.2) is 19.8 Å². The minimum atomic E-state index is -0.975. The molecule has 0 aromatic carbocycles. The molecule has 1 N–H and O–H groups in total. The Morgan fingerprint density at radius 2 is 2.36 bits per heavy atom. The van der Waals surface area contributed by atoms with E-state index in [1.54, 1.807) is 6.92 Å². The zero-order valence-electron chi connectivity index (χ0n) is 5.81. The van der Waals surface area contributed by atoms with Crippen molar-refractivity contribution in [1.29, 1.82) is 0 Å². The lowest BCUT2D eigenvalue weighted by Gasteiger charge is -1.82. The van der Waals surface area contributed by atoms with Gasteiger partial charge in [0.15, 0.2) is 0 Å². The van der Waals surface area contributed by atoms with Gasteiger partial charge in [0.2, 0.25) is 0 Å². The number of carbonyl (C=O) groups is 1. The van der Waals surface area contributed by atoms with Crippen molar-refractivity contribution in [1.82, 2.24) is 8.75 Å². The number of aryl methyl sites for hydroxylation is 1. The molecular formula is C6H6N2O2S. The van der Waals surface area contributed by atoms with Crippen molar-refractivity contribution in [3.8, 4) is 0 Å². The molecule has 0 saturated carbocycles. The number of nitrogens with zero attached hydrogens (tertiary/aromatic N) is 2. The third kappa shape index (κ3) is 2.12.